The number of hydrogen-bond acceptors (Lipinski definition) is 3. The highest BCUT2D eigenvalue weighted by Crippen LogP contribution is 2.15. The van der Waals surface area contributed by atoms with Crippen LogP contribution in [0.4, 0.5) is 0 Å². The molecule has 7 heteroatoms. The number of hydrogen-bond donors (Lipinski definition) is 1. The summed E-state index contributed by atoms with van der Waals surface area (Å²) in [6.45, 7) is 6.18. The van der Waals surface area contributed by atoms with Gasteiger partial charge < -0.3 is 15.5 Å². The fourth-order valence-corrected chi connectivity index (χ4v) is 2.83. The third-order valence-electron chi connectivity index (χ3n) is 4.17. The molecule has 0 bridgehead atoms. The highest BCUT2D eigenvalue weighted by Gasteiger charge is 2.27. The number of rotatable bonds is 3. The van der Waals surface area contributed by atoms with Crippen molar-refractivity contribution < 1.29 is 9.59 Å². The SMILES string of the molecule is CC(C)[C@H](N)C(=O)N1CCCN(C(=O)c2cccc(Cl)c2)CC1.Cl. The molecule has 1 atom stereocenters. The summed E-state index contributed by atoms with van der Waals surface area (Å²) in [6, 6.07) is 6.47. The Balaban J connectivity index is 0.00000288. The van der Waals surface area contributed by atoms with Gasteiger partial charge in [-0.25, -0.2) is 0 Å². The molecule has 0 saturated carbocycles. The maximum Gasteiger partial charge on any atom is 0.253 e. The molecule has 0 unspecified atom stereocenters. The summed E-state index contributed by atoms with van der Waals surface area (Å²) in [6.07, 6.45) is 0.753. The van der Waals surface area contributed by atoms with Crippen LogP contribution in [0.25, 0.3) is 0 Å². The van der Waals surface area contributed by atoms with Crippen molar-refractivity contribution in [2.45, 2.75) is 26.3 Å². The van der Waals surface area contributed by atoms with Crippen LogP contribution in [0.5, 0.6) is 0 Å². The van der Waals surface area contributed by atoms with E-state index in [-0.39, 0.29) is 30.1 Å². The first-order valence-corrected chi connectivity index (χ1v) is 8.37. The summed E-state index contributed by atoms with van der Waals surface area (Å²) in [5, 5.41) is 0.547. The van der Waals surface area contributed by atoms with Crippen LogP contribution in [0.15, 0.2) is 24.3 Å². The Kier molecular flexibility index (Phi) is 8.00. The third-order valence-corrected chi connectivity index (χ3v) is 4.40. The van der Waals surface area contributed by atoms with Crippen LogP contribution in [0, 0.1) is 5.92 Å². The lowest BCUT2D eigenvalue weighted by molar-refractivity contribution is -0.133. The highest BCUT2D eigenvalue weighted by atomic mass is 35.5. The van der Waals surface area contributed by atoms with Gasteiger partial charge in [-0.05, 0) is 30.5 Å². The molecule has 0 aromatic heterocycles. The van der Waals surface area contributed by atoms with Gasteiger partial charge in [-0.15, -0.1) is 12.4 Å². The molecule has 1 aliphatic heterocycles. The number of nitrogens with zero attached hydrogens (tertiary/aromatic N) is 2. The van der Waals surface area contributed by atoms with Crippen LogP contribution < -0.4 is 5.73 Å². The molecule has 1 aromatic carbocycles. The minimum Gasteiger partial charge on any atom is -0.340 e. The molecule has 0 radical (unpaired) electrons. The van der Waals surface area contributed by atoms with Crippen molar-refractivity contribution in [2.75, 3.05) is 26.2 Å². The predicted octanol–water partition coefficient (Wildman–Crippen LogP) is 2.42. The molecule has 134 valence electrons. The third kappa shape index (κ3) is 5.10. The summed E-state index contributed by atoms with van der Waals surface area (Å²) in [4.78, 5) is 28.5. The van der Waals surface area contributed by atoms with E-state index in [9.17, 15) is 9.59 Å². The molecule has 2 N–H and O–H groups in total. The molecule has 1 heterocycles. The Bertz CT molecular complexity index is 581. The van der Waals surface area contributed by atoms with E-state index in [0.717, 1.165) is 6.42 Å². The van der Waals surface area contributed by atoms with Gasteiger partial charge in [-0.1, -0.05) is 31.5 Å². The highest BCUT2D eigenvalue weighted by molar-refractivity contribution is 6.30. The van der Waals surface area contributed by atoms with Crippen molar-refractivity contribution in [3.63, 3.8) is 0 Å². The van der Waals surface area contributed by atoms with Gasteiger partial charge in [0.2, 0.25) is 5.91 Å². The van der Waals surface area contributed by atoms with Gasteiger partial charge in [-0.3, -0.25) is 9.59 Å². The van der Waals surface area contributed by atoms with Gasteiger partial charge in [0.15, 0.2) is 0 Å². The van der Waals surface area contributed by atoms with E-state index in [1.165, 1.54) is 0 Å². The molecule has 24 heavy (non-hydrogen) atoms. The fourth-order valence-electron chi connectivity index (χ4n) is 2.64. The Hall–Kier alpha value is -1.30. The molecule has 2 rings (SSSR count). The average molecular weight is 374 g/mol. The first-order chi connectivity index (χ1) is 10.9. The molecule has 5 nitrogen and oxygen atoms in total. The van der Waals surface area contributed by atoms with Crippen molar-refractivity contribution in [2.24, 2.45) is 11.7 Å². The summed E-state index contributed by atoms with van der Waals surface area (Å²) < 4.78 is 0. The first-order valence-electron chi connectivity index (χ1n) is 7.99. The maximum atomic E-state index is 12.6. The van der Waals surface area contributed by atoms with E-state index in [0.29, 0.717) is 36.8 Å². The Morgan fingerprint density at radius 1 is 1.12 bits per heavy atom. The number of amides is 2. The Labute approximate surface area is 154 Å². The quantitative estimate of drug-likeness (QED) is 0.884. The first kappa shape index (κ1) is 20.7. The maximum absolute atomic E-state index is 12.6. The number of benzene rings is 1. The van der Waals surface area contributed by atoms with Gasteiger partial charge in [-0.2, -0.15) is 0 Å². The zero-order valence-electron chi connectivity index (χ0n) is 14.1. The van der Waals surface area contributed by atoms with Gasteiger partial charge in [0.1, 0.15) is 0 Å². The molecule has 1 fully saturated rings. The van der Waals surface area contributed by atoms with Gasteiger partial charge in [0.25, 0.3) is 5.91 Å². The van der Waals surface area contributed by atoms with Crippen molar-refractivity contribution in [3.8, 4) is 0 Å². The molecule has 1 aliphatic rings. The number of halogens is 2. The Morgan fingerprint density at radius 2 is 1.75 bits per heavy atom. The largest absolute Gasteiger partial charge is 0.340 e. The summed E-state index contributed by atoms with van der Waals surface area (Å²) in [5.41, 5.74) is 6.54. The molecule has 1 saturated heterocycles. The van der Waals surface area contributed by atoms with E-state index in [2.05, 4.69) is 0 Å². The van der Waals surface area contributed by atoms with Crippen molar-refractivity contribution in [3.05, 3.63) is 34.9 Å². The molecular formula is C17H25Cl2N3O2. The number of carbonyl (C=O) groups excluding carboxylic acids is 2. The standard InChI is InChI=1S/C17H24ClN3O2.ClH/c1-12(2)15(19)17(23)21-8-4-7-20(9-10-21)16(22)13-5-3-6-14(18)11-13;/h3,5-6,11-12,15H,4,7-10,19H2,1-2H3;1H/t15-;/m0./s1. The lowest BCUT2D eigenvalue weighted by atomic mass is 10.0. The summed E-state index contributed by atoms with van der Waals surface area (Å²) in [7, 11) is 0. The van der Waals surface area contributed by atoms with Crippen LogP contribution >= 0.6 is 24.0 Å². The normalized spacial score (nSPS) is 16.4. The van der Waals surface area contributed by atoms with Crippen LogP contribution in [0.3, 0.4) is 0 Å². The van der Waals surface area contributed by atoms with E-state index >= 15 is 0 Å². The minimum absolute atomic E-state index is 0. The summed E-state index contributed by atoms with van der Waals surface area (Å²) >= 11 is 5.95. The van der Waals surface area contributed by atoms with Crippen LogP contribution in [-0.4, -0.2) is 53.8 Å². The smallest absolute Gasteiger partial charge is 0.253 e. The van der Waals surface area contributed by atoms with E-state index in [1.807, 2.05) is 13.8 Å². The monoisotopic (exact) mass is 373 g/mol. The second-order valence-electron chi connectivity index (χ2n) is 6.25. The van der Waals surface area contributed by atoms with Crippen LogP contribution in [-0.2, 0) is 4.79 Å². The average Bonchev–Trinajstić information content (AvgIpc) is 2.78. The zero-order valence-corrected chi connectivity index (χ0v) is 15.6. The fraction of sp³-hybridized carbons (Fsp3) is 0.529. The lowest BCUT2D eigenvalue weighted by Gasteiger charge is -2.26. The van der Waals surface area contributed by atoms with Crippen LogP contribution in [0.2, 0.25) is 5.02 Å². The van der Waals surface area contributed by atoms with E-state index in [1.54, 1.807) is 34.1 Å². The molecule has 0 aliphatic carbocycles. The van der Waals surface area contributed by atoms with Crippen molar-refractivity contribution in [1.82, 2.24) is 9.80 Å². The number of nitrogens with two attached hydrogens (primary N) is 1. The van der Waals surface area contributed by atoms with Gasteiger partial charge in [0.05, 0.1) is 6.04 Å². The minimum atomic E-state index is -0.481. The lowest BCUT2D eigenvalue weighted by Crippen LogP contribution is -2.47. The van der Waals surface area contributed by atoms with E-state index in [4.69, 9.17) is 17.3 Å². The number of carbonyl (C=O) groups is 2. The predicted molar refractivity (Wildman–Crippen MR) is 98.6 cm³/mol. The van der Waals surface area contributed by atoms with E-state index < -0.39 is 6.04 Å². The van der Waals surface area contributed by atoms with Crippen LogP contribution in [0.1, 0.15) is 30.6 Å². The topological polar surface area (TPSA) is 66.6 Å². The molecule has 0 spiro atoms. The zero-order chi connectivity index (χ0) is 17.0. The van der Waals surface area contributed by atoms with Crippen molar-refractivity contribution >= 4 is 35.8 Å². The van der Waals surface area contributed by atoms with Crippen molar-refractivity contribution in [1.29, 1.82) is 0 Å². The summed E-state index contributed by atoms with van der Waals surface area (Å²) in [5.74, 6) is 0.0296. The van der Waals surface area contributed by atoms with Gasteiger partial charge in [0, 0.05) is 36.8 Å². The second-order valence-corrected chi connectivity index (χ2v) is 6.69. The van der Waals surface area contributed by atoms with Gasteiger partial charge >= 0.3 is 0 Å². The second kappa shape index (κ2) is 9.25. The molecule has 1 aromatic rings. The molecule has 2 amide bonds. The molecular weight excluding hydrogens is 349 g/mol. The Morgan fingerprint density at radius 3 is 2.38 bits per heavy atom.